The summed E-state index contributed by atoms with van der Waals surface area (Å²) in [7, 11) is 0. The molecule has 0 aliphatic rings. The highest BCUT2D eigenvalue weighted by atomic mass is 16.2. The zero-order valence-corrected chi connectivity index (χ0v) is 13.0. The van der Waals surface area contributed by atoms with Gasteiger partial charge in [-0.3, -0.25) is 9.59 Å². The van der Waals surface area contributed by atoms with Gasteiger partial charge in [0, 0.05) is 19.1 Å². The Kier molecular flexibility index (Phi) is 6.88. The molecule has 2 unspecified atom stereocenters. The smallest absolute Gasteiger partial charge is 0.241 e. The van der Waals surface area contributed by atoms with Crippen molar-refractivity contribution in [2.45, 2.75) is 26.8 Å². The maximum absolute atomic E-state index is 12.1. The maximum Gasteiger partial charge on any atom is 0.241 e. The molecule has 2 atom stereocenters. The van der Waals surface area contributed by atoms with Gasteiger partial charge in [-0.25, -0.2) is 0 Å². The Bertz CT molecular complexity index is 458. The first-order chi connectivity index (χ1) is 10.0. The molecule has 0 fully saturated rings. The van der Waals surface area contributed by atoms with E-state index in [0.717, 1.165) is 5.56 Å². The predicted octanol–water partition coefficient (Wildman–Crippen LogP) is 1.31. The van der Waals surface area contributed by atoms with E-state index in [4.69, 9.17) is 5.73 Å². The molecule has 0 aromatic heterocycles. The van der Waals surface area contributed by atoms with E-state index in [1.165, 1.54) is 0 Å². The lowest BCUT2D eigenvalue weighted by molar-refractivity contribution is -0.133. The monoisotopic (exact) mass is 291 g/mol. The lowest BCUT2D eigenvalue weighted by Gasteiger charge is -2.22. The molecule has 0 aliphatic heterocycles. The summed E-state index contributed by atoms with van der Waals surface area (Å²) in [4.78, 5) is 25.6. The van der Waals surface area contributed by atoms with E-state index in [-0.39, 0.29) is 24.4 Å². The second kappa shape index (κ2) is 8.42. The molecule has 0 saturated carbocycles. The van der Waals surface area contributed by atoms with Crippen molar-refractivity contribution >= 4 is 11.8 Å². The summed E-state index contributed by atoms with van der Waals surface area (Å²) in [6.45, 7) is 6.91. The van der Waals surface area contributed by atoms with Crippen LogP contribution in [0.2, 0.25) is 0 Å². The van der Waals surface area contributed by atoms with Gasteiger partial charge < -0.3 is 16.0 Å². The Morgan fingerprint density at radius 2 is 1.76 bits per heavy atom. The van der Waals surface area contributed by atoms with Crippen molar-refractivity contribution < 1.29 is 9.59 Å². The van der Waals surface area contributed by atoms with E-state index >= 15 is 0 Å². The number of carbonyl (C=O) groups excluding carboxylic acids is 2. The van der Waals surface area contributed by atoms with Gasteiger partial charge in [0.1, 0.15) is 0 Å². The standard InChI is InChI=1S/C16H25N3O2/c1-4-19(5-2)14(20)11-18-16(21)12(3)15(17)13-9-7-6-8-10-13/h6-10,12,15H,4-5,11,17H2,1-3H3,(H,18,21). The molecule has 0 radical (unpaired) electrons. The van der Waals surface area contributed by atoms with Crippen molar-refractivity contribution in [3.63, 3.8) is 0 Å². The van der Waals surface area contributed by atoms with Gasteiger partial charge in [-0.15, -0.1) is 0 Å². The summed E-state index contributed by atoms with van der Waals surface area (Å²) < 4.78 is 0. The first-order valence-corrected chi connectivity index (χ1v) is 7.37. The van der Waals surface area contributed by atoms with Gasteiger partial charge >= 0.3 is 0 Å². The summed E-state index contributed by atoms with van der Waals surface area (Å²) >= 11 is 0. The molecule has 5 nitrogen and oxygen atoms in total. The zero-order valence-electron chi connectivity index (χ0n) is 13.0. The van der Waals surface area contributed by atoms with Crippen molar-refractivity contribution in [1.29, 1.82) is 0 Å². The fraction of sp³-hybridized carbons (Fsp3) is 0.500. The van der Waals surface area contributed by atoms with Gasteiger partial charge in [0.15, 0.2) is 0 Å². The third-order valence-electron chi connectivity index (χ3n) is 3.67. The highest BCUT2D eigenvalue weighted by Gasteiger charge is 2.22. The Hall–Kier alpha value is -1.88. The third kappa shape index (κ3) is 4.86. The van der Waals surface area contributed by atoms with Crippen LogP contribution in [0.5, 0.6) is 0 Å². The van der Waals surface area contributed by atoms with Crippen LogP contribution in [0, 0.1) is 5.92 Å². The van der Waals surface area contributed by atoms with Crippen LogP contribution in [-0.4, -0.2) is 36.3 Å². The van der Waals surface area contributed by atoms with E-state index in [0.29, 0.717) is 13.1 Å². The molecule has 0 saturated heterocycles. The lowest BCUT2D eigenvalue weighted by atomic mass is 9.95. The van der Waals surface area contributed by atoms with Crippen LogP contribution in [-0.2, 0) is 9.59 Å². The lowest BCUT2D eigenvalue weighted by Crippen LogP contribution is -2.43. The van der Waals surface area contributed by atoms with Crippen molar-refractivity contribution in [2.24, 2.45) is 11.7 Å². The Balaban J connectivity index is 2.53. The summed E-state index contributed by atoms with van der Waals surface area (Å²) in [6, 6.07) is 9.11. The number of nitrogens with two attached hydrogens (primary N) is 1. The first-order valence-electron chi connectivity index (χ1n) is 7.37. The Morgan fingerprint density at radius 3 is 2.29 bits per heavy atom. The zero-order chi connectivity index (χ0) is 15.8. The molecular formula is C16H25N3O2. The number of hydrogen-bond acceptors (Lipinski definition) is 3. The number of nitrogens with one attached hydrogen (secondary N) is 1. The van der Waals surface area contributed by atoms with Gasteiger partial charge in [0.25, 0.3) is 0 Å². The fourth-order valence-electron chi connectivity index (χ4n) is 2.14. The van der Waals surface area contributed by atoms with E-state index < -0.39 is 5.92 Å². The van der Waals surface area contributed by atoms with Crippen molar-refractivity contribution in [3.05, 3.63) is 35.9 Å². The molecule has 0 bridgehead atoms. The van der Waals surface area contributed by atoms with Gasteiger partial charge in [-0.05, 0) is 19.4 Å². The first kappa shape index (κ1) is 17.2. The second-order valence-corrected chi connectivity index (χ2v) is 5.01. The summed E-state index contributed by atoms with van der Waals surface area (Å²) in [5.41, 5.74) is 7.01. The van der Waals surface area contributed by atoms with Crippen LogP contribution in [0.15, 0.2) is 30.3 Å². The highest BCUT2D eigenvalue weighted by Crippen LogP contribution is 2.18. The molecule has 5 heteroatoms. The average molecular weight is 291 g/mol. The number of nitrogens with zero attached hydrogens (tertiary/aromatic N) is 1. The molecule has 0 spiro atoms. The van der Waals surface area contributed by atoms with Crippen LogP contribution >= 0.6 is 0 Å². The van der Waals surface area contributed by atoms with Crippen LogP contribution < -0.4 is 11.1 Å². The SMILES string of the molecule is CCN(CC)C(=O)CNC(=O)C(C)C(N)c1ccccc1. The Labute approximate surface area is 126 Å². The van der Waals surface area contributed by atoms with Gasteiger partial charge in [0.05, 0.1) is 12.5 Å². The largest absolute Gasteiger partial charge is 0.347 e. The van der Waals surface area contributed by atoms with Crippen LogP contribution in [0.4, 0.5) is 0 Å². The summed E-state index contributed by atoms with van der Waals surface area (Å²) in [5.74, 6) is -0.669. The molecule has 1 aromatic carbocycles. The topological polar surface area (TPSA) is 75.4 Å². The van der Waals surface area contributed by atoms with E-state index in [1.807, 2.05) is 44.2 Å². The van der Waals surface area contributed by atoms with E-state index in [2.05, 4.69) is 5.32 Å². The van der Waals surface area contributed by atoms with Crippen molar-refractivity contribution in [2.75, 3.05) is 19.6 Å². The highest BCUT2D eigenvalue weighted by molar-refractivity contribution is 5.86. The Morgan fingerprint density at radius 1 is 1.19 bits per heavy atom. The second-order valence-electron chi connectivity index (χ2n) is 5.01. The van der Waals surface area contributed by atoms with Crippen molar-refractivity contribution in [3.8, 4) is 0 Å². The predicted molar refractivity (Wildman–Crippen MR) is 83.5 cm³/mol. The average Bonchev–Trinajstić information content (AvgIpc) is 2.53. The molecule has 1 aromatic rings. The van der Waals surface area contributed by atoms with E-state index in [1.54, 1.807) is 11.8 Å². The molecular weight excluding hydrogens is 266 g/mol. The minimum absolute atomic E-state index is 0.0202. The molecule has 2 amide bonds. The number of likely N-dealkylation sites (N-methyl/N-ethyl adjacent to an activating group) is 1. The van der Waals surface area contributed by atoms with E-state index in [9.17, 15) is 9.59 Å². The molecule has 1 rings (SSSR count). The number of hydrogen-bond donors (Lipinski definition) is 2. The summed E-state index contributed by atoms with van der Waals surface area (Å²) in [5, 5.41) is 2.67. The normalized spacial score (nSPS) is 13.3. The third-order valence-corrected chi connectivity index (χ3v) is 3.67. The quantitative estimate of drug-likeness (QED) is 0.795. The number of benzene rings is 1. The molecule has 3 N–H and O–H groups in total. The van der Waals surface area contributed by atoms with Gasteiger partial charge in [0.2, 0.25) is 11.8 Å². The number of amides is 2. The van der Waals surface area contributed by atoms with Crippen LogP contribution in [0.1, 0.15) is 32.4 Å². The number of rotatable bonds is 7. The molecule has 0 aliphatic carbocycles. The number of carbonyl (C=O) groups is 2. The minimum Gasteiger partial charge on any atom is -0.347 e. The minimum atomic E-state index is -0.392. The van der Waals surface area contributed by atoms with Crippen LogP contribution in [0.3, 0.4) is 0 Å². The van der Waals surface area contributed by atoms with Crippen LogP contribution in [0.25, 0.3) is 0 Å². The molecule has 116 valence electrons. The van der Waals surface area contributed by atoms with Gasteiger partial charge in [-0.2, -0.15) is 0 Å². The summed E-state index contributed by atoms with van der Waals surface area (Å²) in [6.07, 6.45) is 0. The van der Waals surface area contributed by atoms with Gasteiger partial charge in [-0.1, -0.05) is 37.3 Å². The maximum atomic E-state index is 12.1. The van der Waals surface area contributed by atoms with Crippen molar-refractivity contribution in [1.82, 2.24) is 10.2 Å². The molecule has 0 heterocycles. The molecule has 21 heavy (non-hydrogen) atoms. The fourth-order valence-corrected chi connectivity index (χ4v) is 2.14.